The van der Waals surface area contributed by atoms with Crippen LogP contribution in [-0.2, 0) is 0 Å². The minimum Gasteiger partial charge on any atom is -0.477 e. The third-order valence-electron chi connectivity index (χ3n) is 3.19. The summed E-state index contributed by atoms with van der Waals surface area (Å²) in [6.45, 7) is 1.35. The lowest BCUT2D eigenvalue weighted by Crippen LogP contribution is -2.07. The average Bonchev–Trinajstić information content (AvgIpc) is 2.58. The van der Waals surface area contributed by atoms with Crippen LogP contribution in [0.4, 0.5) is 5.95 Å². The highest BCUT2D eigenvalue weighted by atomic mass is 35.5. The van der Waals surface area contributed by atoms with Gasteiger partial charge in [-0.1, -0.05) is 11.6 Å². The van der Waals surface area contributed by atoms with E-state index < -0.39 is 0 Å². The van der Waals surface area contributed by atoms with Gasteiger partial charge in [0.15, 0.2) is 0 Å². The fraction of sp³-hybridized carbons (Fsp3) is 0.250. The van der Waals surface area contributed by atoms with E-state index in [1.54, 1.807) is 30.7 Å². The van der Waals surface area contributed by atoms with Gasteiger partial charge in [0.1, 0.15) is 5.15 Å². The molecule has 3 heterocycles. The second kappa shape index (κ2) is 7.69. The third-order valence-corrected chi connectivity index (χ3v) is 3.39. The Kier molecular flexibility index (Phi) is 5.16. The van der Waals surface area contributed by atoms with Crippen molar-refractivity contribution in [2.24, 2.45) is 0 Å². The number of pyridine rings is 2. The van der Waals surface area contributed by atoms with Crippen molar-refractivity contribution in [2.75, 3.05) is 18.5 Å². The second-order valence-corrected chi connectivity index (χ2v) is 5.26. The van der Waals surface area contributed by atoms with E-state index in [0.717, 1.165) is 30.3 Å². The number of halogens is 1. The highest BCUT2D eigenvalue weighted by Gasteiger charge is 2.06. The monoisotopic (exact) mass is 329 g/mol. The van der Waals surface area contributed by atoms with Crippen LogP contribution in [0.15, 0.2) is 42.9 Å². The molecule has 0 aromatic carbocycles. The quantitative estimate of drug-likeness (QED) is 0.529. The number of unbranched alkanes of at least 4 members (excludes halogenated alkanes) is 1. The van der Waals surface area contributed by atoms with Crippen molar-refractivity contribution in [1.82, 2.24) is 19.9 Å². The number of hydrogen-bond acceptors (Lipinski definition) is 6. The molecule has 3 aromatic heterocycles. The summed E-state index contributed by atoms with van der Waals surface area (Å²) in [7, 11) is 0. The summed E-state index contributed by atoms with van der Waals surface area (Å²) in [5, 5.41) is 4.41. The third kappa shape index (κ3) is 4.26. The molecule has 0 saturated heterocycles. The molecule has 3 aromatic rings. The molecule has 0 radical (unpaired) electrons. The Morgan fingerprint density at radius 1 is 1.04 bits per heavy atom. The van der Waals surface area contributed by atoms with Gasteiger partial charge in [-0.05, 0) is 31.0 Å². The van der Waals surface area contributed by atoms with Crippen molar-refractivity contribution in [3.8, 4) is 5.88 Å². The molecule has 1 N–H and O–H groups in total. The first-order valence-corrected chi connectivity index (χ1v) is 7.76. The number of hydrogen-bond donors (Lipinski definition) is 1. The highest BCUT2D eigenvalue weighted by Crippen LogP contribution is 2.24. The lowest BCUT2D eigenvalue weighted by Gasteiger charge is -2.09. The molecule has 0 amide bonds. The Hall–Kier alpha value is -2.47. The summed E-state index contributed by atoms with van der Waals surface area (Å²) >= 11 is 6.00. The summed E-state index contributed by atoms with van der Waals surface area (Å²) in [5.41, 5.74) is 0.783. The van der Waals surface area contributed by atoms with Gasteiger partial charge in [-0.2, -0.15) is 0 Å². The Morgan fingerprint density at radius 2 is 1.87 bits per heavy atom. The van der Waals surface area contributed by atoms with Gasteiger partial charge < -0.3 is 10.1 Å². The molecule has 0 aliphatic rings. The van der Waals surface area contributed by atoms with Gasteiger partial charge in [0, 0.05) is 31.2 Å². The maximum atomic E-state index is 6.00. The van der Waals surface area contributed by atoms with Crippen molar-refractivity contribution in [1.29, 1.82) is 0 Å². The van der Waals surface area contributed by atoms with Gasteiger partial charge in [-0.3, -0.25) is 4.98 Å². The predicted molar refractivity (Wildman–Crippen MR) is 89.8 cm³/mol. The van der Waals surface area contributed by atoms with Gasteiger partial charge >= 0.3 is 0 Å². The average molecular weight is 330 g/mol. The smallest absolute Gasteiger partial charge is 0.224 e. The molecule has 0 spiro atoms. The molecule has 7 heteroatoms. The number of fused-ring (bicyclic) bond motifs is 1. The largest absolute Gasteiger partial charge is 0.477 e. The van der Waals surface area contributed by atoms with Crippen LogP contribution in [0.25, 0.3) is 10.9 Å². The maximum absolute atomic E-state index is 6.00. The van der Waals surface area contributed by atoms with Crippen LogP contribution >= 0.6 is 11.6 Å². The fourth-order valence-electron chi connectivity index (χ4n) is 2.11. The van der Waals surface area contributed by atoms with Gasteiger partial charge in [0.25, 0.3) is 0 Å². The highest BCUT2D eigenvalue weighted by molar-refractivity contribution is 6.30. The molecule has 0 saturated carbocycles. The van der Waals surface area contributed by atoms with E-state index in [4.69, 9.17) is 16.3 Å². The molecule has 0 atom stereocenters. The summed E-state index contributed by atoms with van der Waals surface area (Å²) < 4.78 is 5.76. The summed E-state index contributed by atoms with van der Waals surface area (Å²) in [6.07, 6.45) is 6.97. The molecule has 3 rings (SSSR count). The maximum Gasteiger partial charge on any atom is 0.224 e. The first-order valence-electron chi connectivity index (χ1n) is 7.38. The Balaban J connectivity index is 1.48. The van der Waals surface area contributed by atoms with E-state index in [2.05, 4.69) is 25.3 Å². The van der Waals surface area contributed by atoms with Crippen molar-refractivity contribution >= 4 is 28.5 Å². The molecule has 6 nitrogen and oxygen atoms in total. The Morgan fingerprint density at radius 3 is 2.74 bits per heavy atom. The summed E-state index contributed by atoms with van der Waals surface area (Å²) in [5.74, 6) is 1.17. The second-order valence-electron chi connectivity index (χ2n) is 4.87. The zero-order valence-corrected chi connectivity index (χ0v) is 13.2. The van der Waals surface area contributed by atoms with Crippen molar-refractivity contribution in [3.05, 3.63) is 48.0 Å². The van der Waals surface area contributed by atoms with E-state index in [1.165, 1.54) is 0 Å². The minimum absolute atomic E-state index is 0.383. The zero-order chi connectivity index (χ0) is 15.9. The van der Waals surface area contributed by atoms with E-state index >= 15 is 0 Å². The lowest BCUT2D eigenvalue weighted by molar-refractivity contribution is 0.301. The molecular formula is C16H16ClN5O. The first-order chi connectivity index (χ1) is 11.3. The number of nitrogens with zero attached hydrogens (tertiary/aromatic N) is 4. The number of nitrogens with one attached hydrogen (secondary N) is 1. The van der Waals surface area contributed by atoms with E-state index in [9.17, 15) is 0 Å². The number of anilines is 1. The molecular weight excluding hydrogens is 314 g/mol. The van der Waals surface area contributed by atoms with Crippen LogP contribution in [0.3, 0.4) is 0 Å². The number of aromatic nitrogens is 4. The Labute approximate surface area is 138 Å². The van der Waals surface area contributed by atoms with E-state index in [1.807, 2.05) is 12.1 Å². The van der Waals surface area contributed by atoms with Crippen molar-refractivity contribution < 1.29 is 4.74 Å². The SMILES string of the molecule is Clc1cc2ncccc2c(OCCCCNc2ncccn2)n1. The van der Waals surface area contributed by atoms with Gasteiger partial charge in [-0.15, -0.1) is 0 Å². The van der Waals surface area contributed by atoms with Crippen molar-refractivity contribution in [3.63, 3.8) is 0 Å². The van der Waals surface area contributed by atoms with Crippen LogP contribution in [0.1, 0.15) is 12.8 Å². The molecule has 0 aliphatic heterocycles. The molecule has 0 bridgehead atoms. The standard InChI is InChI=1S/C16H16ClN5O/c17-14-11-13-12(5-3-7-18-13)15(22-14)23-10-2-1-6-19-16-20-8-4-9-21-16/h3-5,7-9,11H,1-2,6,10H2,(H,19,20,21). The molecule has 118 valence electrons. The van der Waals surface area contributed by atoms with Crippen molar-refractivity contribution in [2.45, 2.75) is 12.8 Å². The number of ether oxygens (including phenoxy) is 1. The van der Waals surface area contributed by atoms with Crippen LogP contribution in [0, 0.1) is 0 Å². The van der Waals surface area contributed by atoms with Gasteiger partial charge in [-0.25, -0.2) is 15.0 Å². The fourth-order valence-corrected chi connectivity index (χ4v) is 2.29. The van der Waals surface area contributed by atoms with Crippen LogP contribution in [0.5, 0.6) is 5.88 Å². The lowest BCUT2D eigenvalue weighted by atomic mass is 10.2. The molecule has 0 aliphatic carbocycles. The first kappa shape index (κ1) is 15.4. The predicted octanol–water partition coefficient (Wildman–Crippen LogP) is 3.34. The van der Waals surface area contributed by atoms with Crippen LogP contribution in [0.2, 0.25) is 5.15 Å². The van der Waals surface area contributed by atoms with Gasteiger partial charge in [0.2, 0.25) is 11.8 Å². The minimum atomic E-state index is 0.383. The zero-order valence-electron chi connectivity index (χ0n) is 12.4. The molecule has 0 unspecified atom stereocenters. The van der Waals surface area contributed by atoms with E-state index in [-0.39, 0.29) is 0 Å². The number of rotatable bonds is 7. The van der Waals surface area contributed by atoms with Gasteiger partial charge in [0.05, 0.1) is 17.5 Å². The molecule has 0 fully saturated rings. The molecule has 23 heavy (non-hydrogen) atoms. The Bertz CT molecular complexity index is 769. The van der Waals surface area contributed by atoms with Crippen LogP contribution in [-0.4, -0.2) is 33.1 Å². The summed E-state index contributed by atoms with van der Waals surface area (Å²) in [6, 6.07) is 7.30. The summed E-state index contributed by atoms with van der Waals surface area (Å²) in [4.78, 5) is 16.7. The van der Waals surface area contributed by atoms with Crippen LogP contribution < -0.4 is 10.1 Å². The normalized spacial score (nSPS) is 10.7. The topological polar surface area (TPSA) is 72.8 Å². The van der Waals surface area contributed by atoms with E-state index in [0.29, 0.717) is 23.6 Å².